The normalized spacial score (nSPS) is 17.3. The molecule has 3 heterocycles. The van der Waals surface area contributed by atoms with Crippen LogP contribution in [0, 0.1) is 0 Å². The number of nitrogens with zero attached hydrogens (tertiary/aromatic N) is 3. The molecule has 7 rings (SSSR count). The molecule has 248 valence electrons. The largest absolute Gasteiger partial charge is 0.368 e. The van der Waals surface area contributed by atoms with Crippen LogP contribution in [0.5, 0.6) is 0 Å². The molecular formula is C41H41N5O3. The molecule has 4 aromatic carbocycles. The fourth-order valence-corrected chi connectivity index (χ4v) is 7.08. The van der Waals surface area contributed by atoms with Gasteiger partial charge in [0, 0.05) is 43.1 Å². The van der Waals surface area contributed by atoms with Crippen LogP contribution in [0.2, 0.25) is 0 Å². The monoisotopic (exact) mass is 651 g/mol. The van der Waals surface area contributed by atoms with E-state index in [1.807, 2.05) is 96.0 Å². The lowest BCUT2D eigenvalue weighted by molar-refractivity contribution is -0.136. The van der Waals surface area contributed by atoms with Crippen molar-refractivity contribution in [3.63, 3.8) is 0 Å². The predicted molar refractivity (Wildman–Crippen MR) is 194 cm³/mol. The third kappa shape index (κ3) is 7.64. The third-order valence-corrected chi connectivity index (χ3v) is 9.69. The van der Waals surface area contributed by atoms with Gasteiger partial charge in [0.15, 0.2) is 0 Å². The maximum Gasteiger partial charge on any atom is 0.247 e. The van der Waals surface area contributed by atoms with Gasteiger partial charge in [0.05, 0.1) is 12.8 Å². The van der Waals surface area contributed by atoms with Gasteiger partial charge in [-0.2, -0.15) is 0 Å². The maximum absolute atomic E-state index is 13.3. The minimum Gasteiger partial charge on any atom is -0.368 e. The van der Waals surface area contributed by atoms with Crippen LogP contribution in [0.25, 0.3) is 21.9 Å². The molecule has 0 saturated carbocycles. The van der Waals surface area contributed by atoms with Gasteiger partial charge in [0.2, 0.25) is 17.7 Å². The van der Waals surface area contributed by atoms with Crippen LogP contribution < -0.4 is 10.6 Å². The number of anilines is 2. The van der Waals surface area contributed by atoms with E-state index in [9.17, 15) is 14.4 Å². The Morgan fingerprint density at radius 1 is 0.673 bits per heavy atom. The van der Waals surface area contributed by atoms with Crippen molar-refractivity contribution in [2.45, 2.75) is 50.6 Å². The Balaban J connectivity index is 0.943. The smallest absolute Gasteiger partial charge is 0.247 e. The summed E-state index contributed by atoms with van der Waals surface area (Å²) in [5, 5.41) is 8.57. The van der Waals surface area contributed by atoms with E-state index in [2.05, 4.69) is 39.9 Å². The van der Waals surface area contributed by atoms with E-state index >= 15 is 0 Å². The first kappa shape index (κ1) is 32.1. The van der Waals surface area contributed by atoms with E-state index < -0.39 is 6.04 Å². The number of carbonyl (C=O) groups excluding carboxylic acids is 3. The number of hydrogen-bond donors (Lipinski definition) is 2. The number of aromatic nitrogens is 1. The molecule has 49 heavy (non-hydrogen) atoms. The number of benzene rings is 4. The Morgan fingerprint density at radius 2 is 1.31 bits per heavy atom. The average molecular weight is 652 g/mol. The molecule has 2 fully saturated rings. The molecule has 8 heteroatoms. The lowest BCUT2D eigenvalue weighted by Crippen LogP contribution is -2.43. The molecular weight excluding hydrogens is 610 g/mol. The molecule has 0 spiro atoms. The Kier molecular flexibility index (Phi) is 9.64. The molecule has 8 nitrogen and oxygen atoms in total. The van der Waals surface area contributed by atoms with Crippen LogP contribution in [0.1, 0.15) is 36.8 Å². The molecule has 0 radical (unpaired) electrons. The highest BCUT2D eigenvalue weighted by Gasteiger charge is 2.34. The highest BCUT2D eigenvalue weighted by molar-refractivity contribution is 6.00. The molecule has 5 aromatic rings. The first-order valence-electron chi connectivity index (χ1n) is 17.2. The quantitative estimate of drug-likeness (QED) is 0.175. The van der Waals surface area contributed by atoms with Crippen molar-refractivity contribution >= 4 is 40.0 Å². The van der Waals surface area contributed by atoms with Crippen LogP contribution in [-0.2, 0) is 27.2 Å². The van der Waals surface area contributed by atoms with Gasteiger partial charge in [-0.15, -0.1) is 0 Å². The predicted octanol–water partition coefficient (Wildman–Crippen LogP) is 6.72. The van der Waals surface area contributed by atoms with Crippen molar-refractivity contribution in [2.75, 3.05) is 30.3 Å². The Hall–Kier alpha value is -5.50. The topological polar surface area (TPSA) is 94.6 Å². The molecule has 2 aliphatic heterocycles. The minimum atomic E-state index is -0.460. The Morgan fingerprint density at radius 3 is 2.02 bits per heavy atom. The molecule has 2 atom stereocenters. The van der Waals surface area contributed by atoms with E-state index in [4.69, 9.17) is 0 Å². The van der Waals surface area contributed by atoms with Crippen LogP contribution in [0.15, 0.2) is 115 Å². The summed E-state index contributed by atoms with van der Waals surface area (Å²) >= 11 is 0. The fraction of sp³-hybridized carbons (Fsp3) is 0.268. The van der Waals surface area contributed by atoms with Gasteiger partial charge in [0.1, 0.15) is 11.9 Å². The molecule has 2 saturated heterocycles. The van der Waals surface area contributed by atoms with Crippen molar-refractivity contribution in [2.24, 2.45) is 0 Å². The summed E-state index contributed by atoms with van der Waals surface area (Å²) < 4.78 is 0. The van der Waals surface area contributed by atoms with Crippen LogP contribution >= 0.6 is 0 Å². The zero-order valence-corrected chi connectivity index (χ0v) is 27.6. The van der Waals surface area contributed by atoms with Crippen LogP contribution in [0.4, 0.5) is 11.5 Å². The van der Waals surface area contributed by atoms with Gasteiger partial charge in [-0.25, -0.2) is 4.98 Å². The van der Waals surface area contributed by atoms with E-state index in [0.29, 0.717) is 38.0 Å². The summed E-state index contributed by atoms with van der Waals surface area (Å²) in [5.74, 6) is 0.805. The second kappa shape index (κ2) is 14.7. The van der Waals surface area contributed by atoms with Crippen molar-refractivity contribution in [3.05, 3.63) is 127 Å². The summed E-state index contributed by atoms with van der Waals surface area (Å²) in [7, 11) is 0. The first-order valence-corrected chi connectivity index (χ1v) is 17.2. The van der Waals surface area contributed by atoms with Gasteiger partial charge in [-0.1, -0.05) is 78.9 Å². The summed E-state index contributed by atoms with van der Waals surface area (Å²) in [6, 6.07) is 35.5. The van der Waals surface area contributed by atoms with Gasteiger partial charge in [-0.05, 0) is 83.5 Å². The number of hydrogen-bond acceptors (Lipinski definition) is 5. The van der Waals surface area contributed by atoms with Gasteiger partial charge in [0.25, 0.3) is 0 Å². The van der Waals surface area contributed by atoms with Crippen LogP contribution in [0.3, 0.4) is 0 Å². The second-order valence-corrected chi connectivity index (χ2v) is 13.0. The molecule has 2 aliphatic rings. The Bertz CT molecular complexity index is 1930. The number of fused-ring (bicyclic) bond motifs is 1. The number of likely N-dealkylation sites (tertiary alicyclic amines) is 2. The average Bonchev–Trinajstić information content (AvgIpc) is 3.83. The Labute approximate surface area is 287 Å². The van der Waals surface area contributed by atoms with Gasteiger partial charge >= 0.3 is 0 Å². The minimum absolute atomic E-state index is 0.0142. The SMILES string of the molecule is O=C(Nc1ccc2cc(-c3ccc(NCC4CCCN4C(=O)Cc4ccccc4)nc3)ccc2c1)C1CCCN1C(=O)Cc1ccccc1. The maximum atomic E-state index is 13.3. The highest BCUT2D eigenvalue weighted by atomic mass is 16.2. The highest BCUT2D eigenvalue weighted by Crippen LogP contribution is 2.28. The first-order chi connectivity index (χ1) is 24.0. The number of pyridine rings is 1. The van der Waals surface area contributed by atoms with Crippen LogP contribution in [-0.4, -0.2) is 64.2 Å². The molecule has 0 aliphatic carbocycles. The molecule has 0 bridgehead atoms. The number of amides is 3. The van der Waals surface area contributed by atoms with Crippen molar-refractivity contribution < 1.29 is 14.4 Å². The van der Waals surface area contributed by atoms with Crippen molar-refractivity contribution in [1.29, 1.82) is 0 Å². The summed E-state index contributed by atoms with van der Waals surface area (Å²) in [4.78, 5) is 47.7. The molecule has 2 N–H and O–H groups in total. The number of nitrogens with one attached hydrogen (secondary N) is 2. The molecule has 3 amide bonds. The molecule has 2 unspecified atom stereocenters. The zero-order chi connectivity index (χ0) is 33.6. The lowest BCUT2D eigenvalue weighted by Gasteiger charge is -2.25. The van der Waals surface area contributed by atoms with E-state index in [-0.39, 0.29) is 23.8 Å². The van der Waals surface area contributed by atoms with Crippen molar-refractivity contribution in [1.82, 2.24) is 14.8 Å². The number of rotatable bonds is 10. The van der Waals surface area contributed by atoms with Gasteiger partial charge < -0.3 is 20.4 Å². The summed E-state index contributed by atoms with van der Waals surface area (Å²) in [6.07, 6.45) is 6.10. The summed E-state index contributed by atoms with van der Waals surface area (Å²) in [6.45, 7) is 2.07. The zero-order valence-electron chi connectivity index (χ0n) is 27.6. The molecule has 1 aromatic heterocycles. The third-order valence-electron chi connectivity index (χ3n) is 9.69. The van der Waals surface area contributed by atoms with E-state index in [0.717, 1.165) is 64.7 Å². The van der Waals surface area contributed by atoms with E-state index in [1.54, 1.807) is 4.90 Å². The summed E-state index contributed by atoms with van der Waals surface area (Å²) in [5.41, 5.74) is 4.77. The van der Waals surface area contributed by atoms with E-state index in [1.165, 1.54) is 0 Å². The second-order valence-electron chi connectivity index (χ2n) is 13.0. The lowest BCUT2D eigenvalue weighted by atomic mass is 10.0. The number of carbonyl (C=O) groups is 3. The fourth-order valence-electron chi connectivity index (χ4n) is 7.08. The standard InChI is InChI=1S/C41H41N5O3/c47-39(23-29-9-3-1-4-10-29)45-21-7-13-36(45)28-43-38-20-18-34(27-42-38)32-15-16-33-26-35(19-17-31(33)25-32)44-41(49)37-14-8-22-46(37)40(48)24-30-11-5-2-6-12-30/h1-6,9-12,15-20,25-27,36-37H,7-8,13-14,21-24,28H2,(H,42,43)(H,44,49). The van der Waals surface area contributed by atoms with Gasteiger partial charge in [-0.3, -0.25) is 14.4 Å². The van der Waals surface area contributed by atoms with Crippen molar-refractivity contribution in [3.8, 4) is 11.1 Å².